The van der Waals surface area contributed by atoms with Crippen LogP contribution in [-0.4, -0.2) is 9.97 Å². The first-order chi connectivity index (χ1) is 12.4. The molecule has 0 saturated heterocycles. The Bertz CT molecular complexity index is 859. The molecule has 5 heteroatoms. The van der Waals surface area contributed by atoms with Crippen LogP contribution in [0.25, 0.3) is 0 Å². The number of hydrogen-bond acceptors (Lipinski definition) is 5. The number of anilines is 1. The highest BCUT2D eigenvalue weighted by Gasteiger charge is 2.06. The molecule has 0 fully saturated rings. The van der Waals surface area contributed by atoms with Gasteiger partial charge >= 0.3 is 0 Å². The summed E-state index contributed by atoms with van der Waals surface area (Å²) in [5.74, 6) is 0.491. The summed E-state index contributed by atoms with van der Waals surface area (Å²) in [6.07, 6.45) is 3.08. The standard InChI is InChI=1S/C20H18N4O/c21-12-19-20(23-11-10-22-19)24-13-17-8-4-5-9-18(17)15-25-14-16-6-2-1-3-7-16/h1-11H,13-15H2,(H,23,24). The highest BCUT2D eigenvalue weighted by Crippen LogP contribution is 2.15. The Morgan fingerprint density at radius 1 is 0.880 bits per heavy atom. The molecule has 25 heavy (non-hydrogen) atoms. The van der Waals surface area contributed by atoms with Gasteiger partial charge in [-0.1, -0.05) is 54.6 Å². The van der Waals surface area contributed by atoms with Gasteiger partial charge in [0.1, 0.15) is 6.07 Å². The maximum absolute atomic E-state index is 9.08. The summed E-state index contributed by atoms with van der Waals surface area (Å²) < 4.78 is 5.84. The minimum atomic E-state index is 0.292. The Hall–Kier alpha value is -3.23. The first-order valence-electron chi connectivity index (χ1n) is 8.00. The maximum Gasteiger partial charge on any atom is 0.182 e. The molecule has 1 N–H and O–H groups in total. The van der Waals surface area contributed by atoms with Gasteiger partial charge in [-0.3, -0.25) is 0 Å². The van der Waals surface area contributed by atoms with Gasteiger partial charge in [-0.05, 0) is 16.7 Å². The van der Waals surface area contributed by atoms with E-state index in [4.69, 9.17) is 10.00 Å². The van der Waals surface area contributed by atoms with E-state index in [1.165, 1.54) is 6.20 Å². The summed E-state index contributed by atoms with van der Waals surface area (Å²) in [7, 11) is 0. The topological polar surface area (TPSA) is 70.8 Å². The molecule has 1 heterocycles. The van der Waals surface area contributed by atoms with Crippen molar-refractivity contribution in [1.82, 2.24) is 9.97 Å². The van der Waals surface area contributed by atoms with E-state index in [1.807, 2.05) is 60.7 Å². The fourth-order valence-electron chi connectivity index (χ4n) is 2.45. The Balaban J connectivity index is 1.62. The zero-order valence-corrected chi connectivity index (χ0v) is 13.7. The molecular weight excluding hydrogens is 312 g/mol. The lowest BCUT2D eigenvalue weighted by molar-refractivity contribution is 0.106. The van der Waals surface area contributed by atoms with Gasteiger partial charge in [-0.25, -0.2) is 9.97 Å². The Labute approximate surface area is 147 Å². The van der Waals surface area contributed by atoms with Crippen LogP contribution in [0.1, 0.15) is 22.4 Å². The molecule has 0 saturated carbocycles. The molecule has 0 radical (unpaired) electrons. The van der Waals surface area contributed by atoms with Gasteiger partial charge in [0.2, 0.25) is 0 Å². The lowest BCUT2D eigenvalue weighted by Crippen LogP contribution is -2.07. The molecule has 0 atom stereocenters. The Morgan fingerprint density at radius 3 is 2.40 bits per heavy atom. The molecule has 1 aromatic heterocycles. The number of benzene rings is 2. The Kier molecular flexibility index (Phi) is 5.70. The maximum atomic E-state index is 9.08. The predicted octanol–water partition coefficient (Wildman–Crippen LogP) is 3.68. The first kappa shape index (κ1) is 16.6. The van der Waals surface area contributed by atoms with Crippen molar-refractivity contribution in [1.29, 1.82) is 5.26 Å². The lowest BCUT2D eigenvalue weighted by atomic mass is 10.1. The molecule has 0 aliphatic rings. The molecule has 3 rings (SSSR count). The number of nitrogens with zero attached hydrogens (tertiary/aromatic N) is 3. The van der Waals surface area contributed by atoms with Gasteiger partial charge in [0.15, 0.2) is 11.5 Å². The summed E-state index contributed by atoms with van der Waals surface area (Å²) in [5.41, 5.74) is 3.65. The monoisotopic (exact) mass is 330 g/mol. The van der Waals surface area contributed by atoms with Gasteiger partial charge < -0.3 is 10.1 Å². The van der Waals surface area contributed by atoms with Crippen LogP contribution in [-0.2, 0) is 24.5 Å². The summed E-state index contributed by atoms with van der Waals surface area (Å²) in [4.78, 5) is 8.17. The molecule has 0 unspecified atom stereocenters. The second kappa shape index (κ2) is 8.57. The van der Waals surface area contributed by atoms with Crippen molar-refractivity contribution in [3.8, 4) is 6.07 Å². The average Bonchev–Trinajstić information content (AvgIpc) is 2.68. The van der Waals surface area contributed by atoms with E-state index in [9.17, 15) is 0 Å². The van der Waals surface area contributed by atoms with Crippen LogP contribution in [0.4, 0.5) is 5.82 Å². The Morgan fingerprint density at radius 2 is 1.60 bits per heavy atom. The van der Waals surface area contributed by atoms with E-state index in [0.717, 1.165) is 16.7 Å². The van der Waals surface area contributed by atoms with Crippen LogP contribution >= 0.6 is 0 Å². The molecule has 3 aromatic rings. The second-order valence-corrected chi connectivity index (χ2v) is 5.47. The number of aromatic nitrogens is 2. The van der Waals surface area contributed by atoms with Crippen LogP contribution < -0.4 is 5.32 Å². The van der Waals surface area contributed by atoms with Crippen molar-refractivity contribution in [2.75, 3.05) is 5.32 Å². The van der Waals surface area contributed by atoms with E-state index in [0.29, 0.717) is 31.3 Å². The average molecular weight is 330 g/mol. The fraction of sp³-hybridized carbons (Fsp3) is 0.150. The minimum absolute atomic E-state index is 0.292. The van der Waals surface area contributed by atoms with Crippen LogP contribution in [0.5, 0.6) is 0 Å². The quantitative estimate of drug-likeness (QED) is 0.715. The molecule has 0 amide bonds. The third-order valence-corrected chi connectivity index (χ3v) is 3.74. The predicted molar refractivity (Wildman–Crippen MR) is 95.5 cm³/mol. The number of ether oxygens (including phenoxy) is 1. The highest BCUT2D eigenvalue weighted by molar-refractivity contribution is 5.47. The van der Waals surface area contributed by atoms with E-state index in [2.05, 4.69) is 15.3 Å². The number of rotatable bonds is 7. The van der Waals surface area contributed by atoms with Crippen molar-refractivity contribution < 1.29 is 4.74 Å². The normalized spacial score (nSPS) is 10.2. The third-order valence-electron chi connectivity index (χ3n) is 3.74. The minimum Gasteiger partial charge on any atom is -0.372 e. The van der Waals surface area contributed by atoms with Gasteiger partial charge in [-0.15, -0.1) is 0 Å². The largest absolute Gasteiger partial charge is 0.372 e. The van der Waals surface area contributed by atoms with Crippen molar-refractivity contribution in [3.63, 3.8) is 0 Å². The van der Waals surface area contributed by atoms with Crippen molar-refractivity contribution in [3.05, 3.63) is 89.4 Å². The number of hydrogen-bond donors (Lipinski definition) is 1. The molecule has 124 valence electrons. The second-order valence-electron chi connectivity index (χ2n) is 5.47. The molecule has 0 aliphatic carbocycles. The molecule has 0 spiro atoms. The van der Waals surface area contributed by atoms with Crippen molar-refractivity contribution in [2.45, 2.75) is 19.8 Å². The smallest absolute Gasteiger partial charge is 0.182 e. The summed E-state index contributed by atoms with van der Waals surface area (Å²) in [6.45, 7) is 1.65. The SMILES string of the molecule is N#Cc1nccnc1NCc1ccccc1COCc1ccccc1. The third kappa shape index (κ3) is 4.63. The summed E-state index contributed by atoms with van der Waals surface area (Å²) in [6, 6.07) is 20.2. The first-order valence-corrected chi connectivity index (χ1v) is 8.00. The zero-order valence-electron chi connectivity index (χ0n) is 13.7. The van der Waals surface area contributed by atoms with Gasteiger partial charge in [0.05, 0.1) is 13.2 Å². The van der Waals surface area contributed by atoms with E-state index < -0.39 is 0 Å². The van der Waals surface area contributed by atoms with E-state index >= 15 is 0 Å². The summed E-state index contributed by atoms with van der Waals surface area (Å²) in [5, 5.41) is 12.3. The summed E-state index contributed by atoms with van der Waals surface area (Å²) >= 11 is 0. The highest BCUT2D eigenvalue weighted by atomic mass is 16.5. The molecule has 2 aromatic carbocycles. The van der Waals surface area contributed by atoms with Crippen molar-refractivity contribution >= 4 is 5.82 Å². The van der Waals surface area contributed by atoms with Crippen LogP contribution in [0.15, 0.2) is 67.0 Å². The molecular formula is C20H18N4O. The van der Waals surface area contributed by atoms with Crippen LogP contribution in [0, 0.1) is 11.3 Å². The van der Waals surface area contributed by atoms with Crippen LogP contribution in [0.3, 0.4) is 0 Å². The molecule has 0 aliphatic heterocycles. The number of nitriles is 1. The fourth-order valence-corrected chi connectivity index (χ4v) is 2.45. The lowest BCUT2D eigenvalue weighted by Gasteiger charge is -2.12. The number of nitrogens with one attached hydrogen (secondary N) is 1. The van der Waals surface area contributed by atoms with Gasteiger partial charge in [-0.2, -0.15) is 5.26 Å². The van der Waals surface area contributed by atoms with Crippen molar-refractivity contribution in [2.24, 2.45) is 0 Å². The van der Waals surface area contributed by atoms with Gasteiger partial charge in [0, 0.05) is 18.9 Å². The van der Waals surface area contributed by atoms with Crippen LogP contribution in [0.2, 0.25) is 0 Å². The van der Waals surface area contributed by atoms with E-state index in [1.54, 1.807) is 6.20 Å². The van der Waals surface area contributed by atoms with E-state index in [-0.39, 0.29) is 0 Å². The van der Waals surface area contributed by atoms with Gasteiger partial charge in [0.25, 0.3) is 0 Å². The molecule has 0 bridgehead atoms. The molecule has 5 nitrogen and oxygen atoms in total. The zero-order chi connectivity index (χ0) is 17.3.